The third kappa shape index (κ3) is 3.99. The first-order chi connectivity index (χ1) is 19.4. The van der Waals surface area contributed by atoms with Crippen molar-refractivity contribution in [3.8, 4) is 5.75 Å². The van der Waals surface area contributed by atoms with E-state index < -0.39 is 58.0 Å². The average molecular weight is 562 g/mol. The van der Waals surface area contributed by atoms with Crippen LogP contribution in [0.3, 0.4) is 0 Å². The minimum Gasteiger partial charge on any atom is -0.508 e. The number of phenolic OH excluding ortho intramolecular Hbond substituents is 1. The molecule has 4 atom stereocenters. The van der Waals surface area contributed by atoms with Crippen molar-refractivity contribution in [2.75, 3.05) is 27.2 Å². The SMILES string of the molecule is CN(C)[C@@H]1C(=O)C(C(N)=O)=C(O)[C@@]2(O)C(=O)C3=C(O)c4c(cc5ccc(CN6CCCCC6)cc5c4O)C[C@H]3C[C@@H]12. The van der Waals surface area contributed by atoms with Crippen LogP contribution < -0.4 is 5.73 Å². The Morgan fingerprint density at radius 2 is 1.80 bits per heavy atom. The van der Waals surface area contributed by atoms with E-state index in [1.807, 2.05) is 24.3 Å². The molecule has 10 heteroatoms. The van der Waals surface area contributed by atoms with Gasteiger partial charge in [0, 0.05) is 23.4 Å². The zero-order valence-electron chi connectivity index (χ0n) is 23.2. The number of hydrogen-bond donors (Lipinski definition) is 5. The number of hydrogen-bond acceptors (Lipinski definition) is 9. The second kappa shape index (κ2) is 9.68. The van der Waals surface area contributed by atoms with Crippen LogP contribution in [0, 0.1) is 11.8 Å². The number of aliphatic hydroxyl groups excluding tert-OH is 2. The molecular weight excluding hydrogens is 526 g/mol. The summed E-state index contributed by atoms with van der Waals surface area (Å²) in [6, 6.07) is 6.68. The lowest BCUT2D eigenvalue weighted by Crippen LogP contribution is -2.65. The van der Waals surface area contributed by atoms with Gasteiger partial charge < -0.3 is 26.2 Å². The number of aliphatic hydroxyl groups is 3. The van der Waals surface area contributed by atoms with Gasteiger partial charge in [0.25, 0.3) is 5.91 Å². The molecule has 2 aromatic carbocycles. The molecule has 1 aliphatic heterocycles. The fraction of sp³-hybridized carbons (Fsp3) is 0.452. The maximum absolute atomic E-state index is 14.0. The number of fused-ring (bicyclic) bond motifs is 4. The summed E-state index contributed by atoms with van der Waals surface area (Å²) in [5.41, 5.74) is 3.57. The zero-order chi connectivity index (χ0) is 29.4. The molecule has 3 aliphatic carbocycles. The molecule has 0 radical (unpaired) electrons. The molecule has 2 fully saturated rings. The number of amides is 1. The molecule has 4 aliphatic rings. The number of carbonyl (C=O) groups is 3. The van der Waals surface area contributed by atoms with Gasteiger partial charge in [-0.05, 0) is 81.4 Å². The molecule has 1 heterocycles. The predicted molar refractivity (Wildman–Crippen MR) is 151 cm³/mol. The quantitative estimate of drug-likeness (QED) is 0.352. The molecule has 6 N–H and O–H groups in total. The fourth-order valence-electron chi connectivity index (χ4n) is 7.53. The highest BCUT2D eigenvalue weighted by atomic mass is 16.3. The molecule has 1 saturated heterocycles. The first kappa shape index (κ1) is 27.4. The number of carbonyl (C=O) groups excluding carboxylic acids is 3. The van der Waals surface area contributed by atoms with E-state index >= 15 is 0 Å². The Bertz CT molecular complexity index is 1570. The summed E-state index contributed by atoms with van der Waals surface area (Å²) in [5.74, 6) is -6.42. The minimum absolute atomic E-state index is 0.0688. The lowest BCUT2D eigenvalue weighted by Gasteiger charge is -2.50. The fourth-order valence-corrected chi connectivity index (χ4v) is 7.53. The average Bonchev–Trinajstić information content (AvgIpc) is 2.91. The first-order valence-corrected chi connectivity index (χ1v) is 14.1. The van der Waals surface area contributed by atoms with Crippen molar-refractivity contribution < 1.29 is 34.8 Å². The van der Waals surface area contributed by atoms with Crippen molar-refractivity contribution in [2.24, 2.45) is 17.6 Å². The Morgan fingerprint density at radius 3 is 2.46 bits per heavy atom. The van der Waals surface area contributed by atoms with E-state index in [1.54, 1.807) is 14.1 Å². The standard InChI is InChI=1S/C31H35N3O7/c1-33(2)24-20-13-18-12-17-11-16-7-6-15(14-34-8-4-3-5-9-34)10-19(16)25(35)21(17)26(36)22(18)28(38)31(20,41)29(39)23(27(24)37)30(32)40/h6-7,10-11,18,20,24,35-36,39,41H,3-5,8-9,12-14H2,1-2H3,(H2,32,40)/t18-,20-,24-,31-/m0/s1. The summed E-state index contributed by atoms with van der Waals surface area (Å²) in [6.45, 7) is 2.79. The van der Waals surface area contributed by atoms with E-state index in [4.69, 9.17) is 5.73 Å². The molecule has 0 aromatic heterocycles. The van der Waals surface area contributed by atoms with Gasteiger partial charge in [0.1, 0.15) is 22.8 Å². The lowest BCUT2D eigenvalue weighted by atomic mass is 9.57. The number of likely N-dealkylation sites (N-methyl/N-ethyl adjacent to an activating group) is 1. The van der Waals surface area contributed by atoms with Crippen molar-refractivity contribution in [2.45, 2.75) is 50.3 Å². The van der Waals surface area contributed by atoms with Crippen LogP contribution in [0.2, 0.25) is 0 Å². The first-order valence-electron chi connectivity index (χ1n) is 14.1. The molecule has 2 aromatic rings. The van der Waals surface area contributed by atoms with Gasteiger partial charge in [0.05, 0.1) is 11.6 Å². The van der Waals surface area contributed by atoms with Gasteiger partial charge >= 0.3 is 0 Å². The van der Waals surface area contributed by atoms with Gasteiger partial charge in [-0.15, -0.1) is 0 Å². The second-order valence-corrected chi connectivity index (χ2v) is 12.1. The van der Waals surface area contributed by atoms with Crippen LogP contribution in [-0.4, -0.2) is 86.5 Å². The van der Waals surface area contributed by atoms with E-state index in [-0.39, 0.29) is 29.7 Å². The van der Waals surface area contributed by atoms with Crippen LogP contribution in [0.1, 0.15) is 42.4 Å². The highest BCUT2D eigenvalue weighted by Crippen LogP contribution is 2.53. The smallest absolute Gasteiger partial charge is 0.255 e. The molecule has 6 rings (SSSR count). The normalized spacial score (nSPS) is 28.6. The Balaban J connectivity index is 1.47. The molecule has 1 amide bonds. The van der Waals surface area contributed by atoms with Crippen molar-refractivity contribution in [3.05, 3.63) is 57.9 Å². The van der Waals surface area contributed by atoms with E-state index in [0.29, 0.717) is 10.9 Å². The van der Waals surface area contributed by atoms with Gasteiger partial charge in [0.15, 0.2) is 11.4 Å². The minimum atomic E-state index is -2.64. The van der Waals surface area contributed by atoms with Gasteiger partial charge in [-0.25, -0.2) is 0 Å². The zero-order valence-corrected chi connectivity index (χ0v) is 23.2. The molecule has 216 valence electrons. The molecule has 0 spiro atoms. The summed E-state index contributed by atoms with van der Waals surface area (Å²) < 4.78 is 0. The maximum Gasteiger partial charge on any atom is 0.255 e. The van der Waals surface area contributed by atoms with Crippen molar-refractivity contribution in [1.29, 1.82) is 0 Å². The Hall–Kier alpha value is -3.73. The number of likely N-dealkylation sites (tertiary alicyclic amines) is 1. The number of benzene rings is 2. The third-order valence-electron chi connectivity index (χ3n) is 9.44. The number of Topliss-reactive ketones (excluding diaryl/α,β-unsaturated/α-hetero) is 2. The highest BCUT2D eigenvalue weighted by Gasteiger charge is 2.64. The second-order valence-electron chi connectivity index (χ2n) is 12.1. The summed E-state index contributed by atoms with van der Waals surface area (Å²) >= 11 is 0. The highest BCUT2D eigenvalue weighted by molar-refractivity contribution is 6.24. The van der Waals surface area contributed by atoms with Crippen LogP contribution in [0.15, 0.2) is 41.2 Å². The molecule has 41 heavy (non-hydrogen) atoms. The number of ketones is 2. The topological polar surface area (TPSA) is 165 Å². The number of aromatic hydroxyl groups is 1. The van der Waals surface area contributed by atoms with Crippen LogP contribution in [-0.2, 0) is 27.3 Å². The van der Waals surface area contributed by atoms with Gasteiger partial charge in [-0.1, -0.05) is 24.6 Å². The summed E-state index contributed by atoms with van der Waals surface area (Å²) in [7, 11) is 3.16. The molecular formula is C31H35N3O7. The van der Waals surface area contributed by atoms with E-state index in [0.717, 1.165) is 43.4 Å². The van der Waals surface area contributed by atoms with Crippen LogP contribution in [0.5, 0.6) is 5.75 Å². The number of nitrogens with zero attached hydrogens (tertiary/aromatic N) is 2. The predicted octanol–water partition coefficient (Wildman–Crippen LogP) is 2.10. The molecule has 1 saturated carbocycles. The molecule has 10 nitrogen and oxygen atoms in total. The van der Waals surface area contributed by atoms with Crippen molar-refractivity contribution in [1.82, 2.24) is 9.80 Å². The summed E-state index contributed by atoms with van der Waals surface area (Å²) in [4.78, 5) is 43.2. The number of primary amides is 1. The number of phenols is 1. The summed E-state index contributed by atoms with van der Waals surface area (Å²) in [5, 5.41) is 47.0. The Morgan fingerprint density at radius 1 is 1.10 bits per heavy atom. The Labute approximate surface area is 237 Å². The third-order valence-corrected chi connectivity index (χ3v) is 9.44. The number of piperidine rings is 1. The van der Waals surface area contributed by atoms with E-state index in [2.05, 4.69) is 4.90 Å². The largest absolute Gasteiger partial charge is 0.508 e. The van der Waals surface area contributed by atoms with Crippen LogP contribution in [0.25, 0.3) is 16.5 Å². The number of nitrogens with two attached hydrogens (primary N) is 1. The van der Waals surface area contributed by atoms with Crippen LogP contribution >= 0.6 is 0 Å². The van der Waals surface area contributed by atoms with Gasteiger partial charge in [-0.2, -0.15) is 0 Å². The summed E-state index contributed by atoms with van der Waals surface area (Å²) in [6.07, 6.45) is 3.89. The number of rotatable bonds is 4. The van der Waals surface area contributed by atoms with E-state index in [9.17, 15) is 34.8 Å². The van der Waals surface area contributed by atoms with Crippen molar-refractivity contribution in [3.63, 3.8) is 0 Å². The van der Waals surface area contributed by atoms with Gasteiger partial charge in [0.2, 0.25) is 5.78 Å². The van der Waals surface area contributed by atoms with Gasteiger partial charge in [-0.3, -0.25) is 24.2 Å². The van der Waals surface area contributed by atoms with Crippen molar-refractivity contribution >= 4 is 34.0 Å². The maximum atomic E-state index is 14.0. The monoisotopic (exact) mass is 561 g/mol. The van der Waals surface area contributed by atoms with Crippen LogP contribution in [0.4, 0.5) is 0 Å². The lowest BCUT2D eigenvalue weighted by molar-refractivity contribution is -0.153. The molecule has 0 bridgehead atoms. The van der Waals surface area contributed by atoms with E-state index in [1.165, 1.54) is 11.3 Å². The molecule has 0 unspecified atom stereocenters. The Kier molecular flexibility index (Phi) is 6.48.